The molecule has 0 aromatic carbocycles. The van der Waals surface area contributed by atoms with Gasteiger partial charge in [0.2, 0.25) is 0 Å². The standard InChI is InChI=1S/C71H140O4/c1-4-6-8-10-12-14-16-18-20-22-30-34-38-42-46-50-54-58-62-66(3)70-69(75-70)65-61-57-53-49-45-41-37-33-29-27-25-24-26-28-32-36-40-44-48-52-56-60-64-68(72)67(71(73)74)63-59-55-51-47-43-39-35-31-23-21-19-17-15-13-11-9-7-5-2/h66-70,72H,4-65H2,1-3H3,(H,73,74). The third kappa shape index (κ3) is 52.5. The molecule has 0 bridgehead atoms. The van der Waals surface area contributed by atoms with Crippen LogP contribution in [0.2, 0.25) is 0 Å². The summed E-state index contributed by atoms with van der Waals surface area (Å²) in [4.78, 5) is 11.9. The van der Waals surface area contributed by atoms with Gasteiger partial charge in [-0.25, -0.2) is 0 Å². The molecule has 0 radical (unpaired) electrons. The average molecular weight is 1060 g/mol. The van der Waals surface area contributed by atoms with E-state index in [4.69, 9.17) is 4.74 Å². The summed E-state index contributed by atoms with van der Waals surface area (Å²) in [5.74, 6) is -0.620. The first kappa shape index (κ1) is 72.4. The Morgan fingerprint density at radius 2 is 0.533 bits per heavy atom. The summed E-state index contributed by atoms with van der Waals surface area (Å²) in [5, 5.41) is 20.5. The molecule has 0 aliphatic carbocycles. The topological polar surface area (TPSA) is 70.1 Å². The van der Waals surface area contributed by atoms with Crippen LogP contribution in [0.5, 0.6) is 0 Å². The maximum atomic E-state index is 11.9. The van der Waals surface area contributed by atoms with Crippen molar-refractivity contribution in [1.29, 1.82) is 0 Å². The quantitative estimate of drug-likeness (QED) is 0.0470. The minimum Gasteiger partial charge on any atom is -0.481 e. The Balaban J connectivity index is 1.75. The van der Waals surface area contributed by atoms with Gasteiger partial charge in [-0.1, -0.05) is 393 Å². The van der Waals surface area contributed by atoms with Crippen molar-refractivity contribution in [3.8, 4) is 0 Å². The zero-order valence-corrected chi connectivity index (χ0v) is 51.9. The lowest BCUT2D eigenvalue weighted by molar-refractivity contribution is -0.146. The largest absolute Gasteiger partial charge is 0.481 e. The monoisotopic (exact) mass is 1060 g/mol. The second kappa shape index (κ2) is 59.5. The molecule has 448 valence electrons. The second-order valence-corrected chi connectivity index (χ2v) is 25.6. The van der Waals surface area contributed by atoms with Gasteiger partial charge in [0, 0.05) is 0 Å². The highest BCUT2D eigenvalue weighted by atomic mass is 16.6. The molecule has 4 heteroatoms. The molecule has 75 heavy (non-hydrogen) atoms. The van der Waals surface area contributed by atoms with Gasteiger partial charge in [-0.05, 0) is 31.6 Å². The fourth-order valence-corrected chi connectivity index (χ4v) is 12.6. The van der Waals surface area contributed by atoms with Gasteiger partial charge < -0.3 is 14.9 Å². The number of ether oxygens (including phenoxy) is 1. The first-order chi connectivity index (χ1) is 37.0. The minimum absolute atomic E-state index is 0.578. The van der Waals surface area contributed by atoms with Crippen LogP contribution < -0.4 is 0 Å². The summed E-state index contributed by atoms with van der Waals surface area (Å²) >= 11 is 0. The predicted molar refractivity (Wildman–Crippen MR) is 333 cm³/mol. The van der Waals surface area contributed by atoms with Crippen LogP contribution >= 0.6 is 0 Å². The van der Waals surface area contributed by atoms with E-state index in [-0.39, 0.29) is 0 Å². The van der Waals surface area contributed by atoms with Gasteiger partial charge in [0.15, 0.2) is 0 Å². The minimum atomic E-state index is -0.801. The third-order valence-corrected chi connectivity index (χ3v) is 18.1. The first-order valence-corrected chi connectivity index (χ1v) is 35.6. The lowest BCUT2D eigenvalue weighted by Crippen LogP contribution is -2.28. The average Bonchev–Trinajstić information content (AvgIpc) is 4.19. The van der Waals surface area contributed by atoms with Crippen LogP contribution in [-0.2, 0) is 9.53 Å². The molecule has 1 saturated heterocycles. The lowest BCUT2D eigenvalue weighted by atomic mass is 9.91. The number of unbranched alkanes of at least 4 members (excludes halogenated alkanes) is 55. The number of hydrogen-bond donors (Lipinski definition) is 2. The fraction of sp³-hybridized carbons (Fsp3) is 0.986. The Morgan fingerprint density at radius 1 is 0.320 bits per heavy atom. The SMILES string of the molecule is CCCCCCCCCCCCCCCCCCCCC(C)C1OC1CCCCCCCCCCCCCCCCCCCCCCCCC(O)C(CCCCCCCCCCCCCCCCCCCC)C(=O)O. The molecule has 4 nitrogen and oxygen atoms in total. The van der Waals surface area contributed by atoms with Crippen LogP contribution in [-0.4, -0.2) is 34.5 Å². The molecule has 0 aromatic rings. The van der Waals surface area contributed by atoms with E-state index >= 15 is 0 Å². The van der Waals surface area contributed by atoms with Crippen LogP contribution in [0.3, 0.4) is 0 Å². The molecule has 1 aliphatic heterocycles. The van der Waals surface area contributed by atoms with Gasteiger partial charge in [0.05, 0.1) is 24.2 Å². The Bertz CT molecular complexity index is 1090. The highest BCUT2D eigenvalue weighted by molar-refractivity contribution is 5.70. The molecular weight excluding hydrogens is 917 g/mol. The van der Waals surface area contributed by atoms with Crippen molar-refractivity contribution in [3.63, 3.8) is 0 Å². The molecule has 1 rings (SSSR count). The number of aliphatic carboxylic acids is 1. The maximum Gasteiger partial charge on any atom is 0.309 e. The molecule has 0 aromatic heterocycles. The predicted octanol–water partition coefficient (Wildman–Crippen LogP) is 24.7. The molecule has 5 unspecified atom stereocenters. The molecular formula is C71H140O4. The fourth-order valence-electron chi connectivity index (χ4n) is 12.6. The molecule has 1 fully saturated rings. The number of hydrogen-bond acceptors (Lipinski definition) is 3. The van der Waals surface area contributed by atoms with E-state index in [0.29, 0.717) is 25.0 Å². The van der Waals surface area contributed by atoms with Crippen LogP contribution in [0.1, 0.15) is 419 Å². The zero-order valence-electron chi connectivity index (χ0n) is 51.9. The highest BCUT2D eigenvalue weighted by Crippen LogP contribution is 2.36. The normalized spacial score (nSPS) is 15.7. The number of carbonyl (C=O) groups is 1. The van der Waals surface area contributed by atoms with Crippen molar-refractivity contribution in [2.24, 2.45) is 11.8 Å². The molecule has 2 N–H and O–H groups in total. The van der Waals surface area contributed by atoms with Gasteiger partial charge in [-0.3, -0.25) is 4.79 Å². The molecule has 1 aliphatic rings. The van der Waals surface area contributed by atoms with Gasteiger partial charge in [-0.15, -0.1) is 0 Å². The van der Waals surface area contributed by atoms with E-state index in [2.05, 4.69) is 20.8 Å². The van der Waals surface area contributed by atoms with Crippen LogP contribution in [0.4, 0.5) is 0 Å². The number of carboxylic acids is 1. The van der Waals surface area contributed by atoms with E-state index in [0.717, 1.165) is 31.6 Å². The molecule has 5 atom stereocenters. The van der Waals surface area contributed by atoms with Crippen molar-refractivity contribution in [2.45, 2.75) is 437 Å². The molecule has 0 spiro atoms. The molecule has 0 amide bonds. The summed E-state index contributed by atoms with van der Waals surface area (Å²) in [5.41, 5.74) is 0. The lowest BCUT2D eigenvalue weighted by Gasteiger charge is -2.19. The number of epoxide rings is 1. The summed E-state index contributed by atoms with van der Waals surface area (Å²) in [6, 6.07) is 0. The maximum absolute atomic E-state index is 11.9. The zero-order chi connectivity index (χ0) is 54.0. The van der Waals surface area contributed by atoms with E-state index in [1.807, 2.05) is 0 Å². The summed E-state index contributed by atoms with van der Waals surface area (Å²) in [6.07, 6.45) is 84.9. The van der Waals surface area contributed by atoms with Crippen molar-refractivity contribution in [1.82, 2.24) is 0 Å². The number of carboxylic acid groups (broad SMARTS) is 1. The Kier molecular flexibility index (Phi) is 57.4. The van der Waals surface area contributed by atoms with Crippen LogP contribution in [0.25, 0.3) is 0 Å². The summed E-state index contributed by atoms with van der Waals surface area (Å²) in [6.45, 7) is 7.05. The van der Waals surface area contributed by atoms with E-state index in [1.54, 1.807) is 0 Å². The van der Waals surface area contributed by atoms with E-state index in [1.165, 1.54) is 360 Å². The Hall–Kier alpha value is -0.610. The van der Waals surface area contributed by atoms with Gasteiger partial charge in [0.25, 0.3) is 0 Å². The Morgan fingerprint density at radius 3 is 0.787 bits per heavy atom. The van der Waals surface area contributed by atoms with Gasteiger partial charge in [0.1, 0.15) is 0 Å². The van der Waals surface area contributed by atoms with Gasteiger partial charge in [-0.2, -0.15) is 0 Å². The number of aliphatic hydroxyl groups excluding tert-OH is 1. The first-order valence-electron chi connectivity index (χ1n) is 35.6. The third-order valence-electron chi connectivity index (χ3n) is 18.1. The van der Waals surface area contributed by atoms with Crippen molar-refractivity contribution < 1.29 is 19.7 Å². The van der Waals surface area contributed by atoms with Crippen LogP contribution in [0, 0.1) is 11.8 Å². The van der Waals surface area contributed by atoms with Crippen LogP contribution in [0.15, 0.2) is 0 Å². The molecule has 0 saturated carbocycles. The van der Waals surface area contributed by atoms with E-state index < -0.39 is 18.0 Å². The second-order valence-electron chi connectivity index (χ2n) is 25.6. The van der Waals surface area contributed by atoms with Gasteiger partial charge >= 0.3 is 5.97 Å². The smallest absolute Gasteiger partial charge is 0.309 e. The Labute approximate surface area is 472 Å². The van der Waals surface area contributed by atoms with Crippen molar-refractivity contribution in [2.75, 3.05) is 0 Å². The highest BCUT2D eigenvalue weighted by Gasteiger charge is 2.41. The number of aliphatic hydroxyl groups is 1. The van der Waals surface area contributed by atoms with Crippen molar-refractivity contribution in [3.05, 3.63) is 0 Å². The summed E-state index contributed by atoms with van der Waals surface area (Å²) in [7, 11) is 0. The summed E-state index contributed by atoms with van der Waals surface area (Å²) < 4.78 is 6.14. The number of rotatable bonds is 66. The van der Waals surface area contributed by atoms with Crippen molar-refractivity contribution >= 4 is 5.97 Å². The van der Waals surface area contributed by atoms with E-state index in [9.17, 15) is 15.0 Å². The molecule has 1 heterocycles.